The predicted octanol–water partition coefficient (Wildman–Crippen LogP) is 3.87. The van der Waals surface area contributed by atoms with Gasteiger partial charge in [0.2, 0.25) is 0 Å². The second-order valence-corrected chi connectivity index (χ2v) is 8.21. The fourth-order valence-corrected chi connectivity index (χ4v) is 3.95. The van der Waals surface area contributed by atoms with Crippen LogP contribution in [0, 0.1) is 0 Å². The lowest BCUT2D eigenvalue weighted by Gasteiger charge is -2.18. The second kappa shape index (κ2) is 11.5. The van der Waals surface area contributed by atoms with E-state index < -0.39 is 0 Å². The molecule has 1 amide bonds. The number of likely N-dealkylation sites (N-methyl/N-ethyl adjacent to an activating group) is 1. The van der Waals surface area contributed by atoms with Crippen LogP contribution < -0.4 is 15.6 Å². The van der Waals surface area contributed by atoms with Gasteiger partial charge in [-0.3, -0.25) is 9.59 Å². The summed E-state index contributed by atoms with van der Waals surface area (Å²) in [6.07, 6.45) is 2.08. The Kier molecular flexibility index (Phi) is 7.95. The highest BCUT2D eigenvalue weighted by Crippen LogP contribution is 2.21. The van der Waals surface area contributed by atoms with Gasteiger partial charge in [0.25, 0.3) is 11.5 Å². The van der Waals surface area contributed by atoms with E-state index >= 15 is 0 Å². The molecule has 0 fully saturated rings. The first-order valence-electron chi connectivity index (χ1n) is 12.0. The molecule has 2 heterocycles. The molecule has 0 aliphatic carbocycles. The van der Waals surface area contributed by atoms with Crippen LogP contribution in [0.2, 0.25) is 0 Å². The van der Waals surface area contributed by atoms with Crippen molar-refractivity contribution in [3.8, 4) is 5.75 Å². The first-order chi connectivity index (χ1) is 17.1. The van der Waals surface area contributed by atoms with E-state index in [1.165, 1.54) is 16.8 Å². The van der Waals surface area contributed by atoms with Crippen molar-refractivity contribution in [1.82, 2.24) is 19.2 Å². The topological polar surface area (TPSA) is 81.4 Å². The number of aromatic nitrogens is 3. The molecule has 2 aromatic carbocycles. The molecule has 4 rings (SSSR count). The second-order valence-electron chi connectivity index (χ2n) is 8.21. The number of anilines is 1. The van der Waals surface area contributed by atoms with Crippen LogP contribution in [0.1, 0.15) is 24.3 Å². The molecule has 0 saturated heterocycles. The minimum atomic E-state index is -0.372. The van der Waals surface area contributed by atoms with E-state index in [0.29, 0.717) is 11.4 Å². The van der Waals surface area contributed by atoms with Crippen molar-refractivity contribution in [3.05, 3.63) is 89.0 Å². The average Bonchev–Trinajstić information content (AvgIpc) is 3.28. The van der Waals surface area contributed by atoms with Crippen LogP contribution in [0.25, 0.3) is 10.9 Å². The Morgan fingerprint density at radius 1 is 1.00 bits per heavy atom. The summed E-state index contributed by atoms with van der Waals surface area (Å²) in [6.45, 7) is 8.83. The molecule has 0 bridgehead atoms. The summed E-state index contributed by atoms with van der Waals surface area (Å²) >= 11 is 0. The largest absolute Gasteiger partial charge is 0.492 e. The Bertz CT molecular complexity index is 1330. The molecule has 8 heteroatoms. The van der Waals surface area contributed by atoms with E-state index in [0.717, 1.165) is 37.1 Å². The van der Waals surface area contributed by atoms with Crippen LogP contribution in [0.5, 0.6) is 5.75 Å². The van der Waals surface area contributed by atoms with Crippen molar-refractivity contribution in [1.29, 1.82) is 0 Å². The molecular formula is C27H31N5O3. The maximum absolute atomic E-state index is 12.8. The lowest BCUT2D eigenvalue weighted by atomic mass is 10.2. The summed E-state index contributed by atoms with van der Waals surface area (Å²) in [6, 6.07) is 20.0. The number of para-hydroxylation sites is 1. The summed E-state index contributed by atoms with van der Waals surface area (Å²) in [5, 5.41) is 8.17. The van der Waals surface area contributed by atoms with E-state index in [-0.39, 0.29) is 30.3 Å². The lowest BCUT2D eigenvalue weighted by molar-refractivity contribution is 0.101. The number of fused-ring (bicyclic) bond motifs is 1. The third-order valence-electron chi connectivity index (χ3n) is 5.99. The zero-order chi connectivity index (χ0) is 24.6. The molecule has 0 aliphatic heterocycles. The van der Waals surface area contributed by atoms with Crippen molar-refractivity contribution in [3.63, 3.8) is 0 Å². The number of benzene rings is 2. The highest BCUT2D eigenvalue weighted by molar-refractivity contribution is 6.03. The summed E-state index contributed by atoms with van der Waals surface area (Å²) in [7, 11) is 0. The number of hydrogen-bond acceptors (Lipinski definition) is 5. The van der Waals surface area contributed by atoms with E-state index in [4.69, 9.17) is 4.74 Å². The van der Waals surface area contributed by atoms with Crippen LogP contribution >= 0.6 is 0 Å². The fraction of sp³-hybridized carbons (Fsp3) is 0.296. The van der Waals surface area contributed by atoms with E-state index in [1.54, 1.807) is 0 Å². The molecule has 1 N–H and O–H groups in total. The van der Waals surface area contributed by atoms with Crippen LogP contribution in [0.4, 0.5) is 5.69 Å². The van der Waals surface area contributed by atoms with Gasteiger partial charge in [0.05, 0.1) is 6.54 Å². The van der Waals surface area contributed by atoms with E-state index in [2.05, 4.69) is 46.0 Å². The van der Waals surface area contributed by atoms with Gasteiger partial charge in [-0.1, -0.05) is 32.0 Å². The quantitative estimate of drug-likeness (QED) is 0.358. The van der Waals surface area contributed by atoms with Crippen molar-refractivity contribution < 1.29 is 9.53 Å². The first-order valence-corrected chi connectivity index (χ1v) is 12.0. The van der Waals surface area contributed by atoms with Crippen molar-refractivity contribution in [2.45, 2.75) is 26.9 Å². The molecule has 2 aromatic heterocycles. The standard InChI is InChI=1S/C27H31N5O3/c1-3-30(4-2)16-17-31-15-14-21-20-22(10-12-25(21)31)28-27(34)24-11-13-26(33)32(29-24)18-19-35-23-8-6-5-7-9-23/h5-15,20H,3-4,16-19H2,1-2H3,(H,28,34). The van der Waals surface area contributed by atoms with Gasteiger partial charge in [-0.2, -0.15) is 5.10 Å². The van der Waals surface area contributed by atoms with Crippen molar-refractivity contribution >= 4 is 22.5 Å². The van der Waals surface area contributed by atoms with Gasteiger partial charge in [-0.15, -0.1) is 0 Å². The first kappa shape index (κ1) is 24.2. The third-order valence-corrected chi connectivity index (χ3v) is 5.99. The molecule has 35 heavy (non-hydrogen) atoms. The normalized spacial score (nSPS) is 11.2. The number of nitrogens with zero attached hydrogens (tertiary/aromatic N) is 4. The van der Waals surface area contributed by atoms with E-state index in [9.17, 15) is 9.59 Å². The molecule has 0 atom stereocenters. The smallest absolute Gasteiger partial charge is 0.276 e. The van der Waals surface area contributed by atoms with Crippen LogP contribution in [0.15, 0.2) is 77.7 Å². The summed E-state index contributed by atoms with van der Waals surface area (Å²) in [5.41, 5.74) is 1.68. The molecule has 4 aromatic rings. The summed E-state index contributed by atoms with van der Waals surface area (Å²) < 4.78 is 9.12. The monoisotopic (exact) mass is 473 g/mol. The Labute approximate surface area is 204 Å². The number of rotatable bonds is 11. The molecule has 0 spiro atoms. The Morgan fingerprint density at radius 2 is 1.80 bits per heavy atom. The highest BCUT2D eigenvalue weighted by atomic mass is 16.5. The molecule has 0 unspecified atom stereocenters. The number of nitrogens with one attached hydrogen (secondary N) is 1. The van der Waals surface area contributed by atoms with Gasteiger partial charge in [0, 0.05) is 41.9 Å². The third kappa shape index (κ3) is 6.16. The van der Waals surface area contributed by atoms with Gasteiger partial charge in [0.15, 0.2) is 0 Å². The summed E-state index contributed by atoms with van der Waals surface area (Å²) in [4.78, 5) is 27.4. The number of amides is 1. The van der Waals surface area contributed by atoms with E-state index in [1.807, 2.05) is 48.5 Å². The van der Waals surface area contributed by atoms with Crippen LogP contribution in [-0.2, 0) is 13.1 Å². The summed E-state index contributed by atoms with van der Waals surface area (Å²) in [5.74, 6) is 0.342. The zero-order valence-electron chi connectivity index (χ0n) is 20.2. The number of ether oxygens (including phenoxy) is 1. The molecule has 0 saturated carbocycles. The Hall–Kier alpha value is -3.91. The number of hydrogen-bond donors (Lipinski definition) is 1. The molecule has 8 nitrogen and oxygen atoms in total. The van der Waals surface area contributed by atoms with Crippen LogP contribution in [-0.4, -0.2) is 51.4 Å². The van der Waals surface area contributed by atoms with Gasteiger partial charge in [0.1, 0.15) is 18.1 Å². The average molecular weight is 474 g/mol. The minimum Gasteiger partial charge on any atom is -0.492 e. The molecular weight excluding hydrogens is 442 g/mol. The lowest BCUT2D eigenvalue weighted by Crippen LogP contribution is -2.28. The van der Waals surface area contributed by atoms with Gasteiger partial charge >= 0.3 is 0 Å². The molecule has 0 aliphatic rings. The maximum atomic E-state index is 12.8. The Morgan fingerprint density at radius 3 is 2.57 bits per heavy atom. The van der Waals surface area contributed by atoms with Gasteiger partial charge < -0.3 is 19.5 Å². The SMILES string of the molecule is CCN(CC)CCn1ccc2cc(NC(=O)c3ccc(=O)n(CCOc4ccccc4)n3)ccc21. The molecule has 182 valence electrons. The minimum absolute atomic E-state index is 0.168. The number of carbonyl (C=O) groups is 1. The van der Waals surface area contributed by atoms with Gasteiger partial charge in [-0.05, 0) is 55.6 Å². The van der Waals surface area contributed by atoms with Gasteiger partial charge in [-0.25, -0.2) is 4.68 Å². The maximum Gasteiger partial charge on any atom is 0.276 e. The number of carbonyl (C=O) groups excluding carboxylic acids is 1. The highest BCUT2D eigenvalue weighted by Gasteiger charge is 2.12. The van der Waals surface area contributed by atoms with Crippen molar-refractivity contribution in [2.24, 2.45) is 0 Å². The fourth-order valence-electron chi connectivity index (χ4n) is 3.95. The van der Waals surface area contributed by atoms with Crippen LogP contribution in [0.3, 0.4) is 0 Å². The Balaban J connectivity index is 1.40. The van der Waals surface area contributed by atoms with Crippen molar-refractivity contribution in [2.75, 3.05) is 31.6 Å². The molecule has 0 radical (unpaired) electrons. The zero-order valence-corrected chi connectivity index (χ0v) is 20.2. The predicted molar refractivity (Wildman–Crippen MR) is 138 cm³/mol.